The normalized spacial score (nSPS) is 10.9. The lowest BCUT2D eigenvalue weighted by Crippen LogP contribution is -2.43. The molecular formula is C23H18F3N5O5. The highest BCUT2D eigenvalue weighted by Crippen LogP contribution is 2.29. The molecule has 4 rings (SSSR count). The van der Waals surface area contributed by atoms with Gasteiger partial charge in [0.05, 0.1) is 25.9 Å². The van der Waals surface area contributed by atoms with Crippen molar-refractivity contribution in [2.24, 2.45) is 0 Å². The summed E-state index contributed by atoms with van der Waals surface area (Å²) in [6.45, 7) is -0.980. The molecule has 2 aromatic heterocycles. The van der Waals surface area contributed by atoms with E-state index in [0.717, 1.165) is 4.57 Å². The van der Waals surface area contributed by atoms with Gasteiger partial charge in [-0.05, 0) is 35.9 Å². The van der Waals surface area contributed by atoms with Crippen LogP contribution in [0.25, 0.3) is 0 Å². The van der Waals surface area contributed by atoms with Gasteiger partial charge in [-0.1, -0.05) is 6.07 Å². The summed E-state index contributed by atoms with van der Waals surface area (Å²) in [6, 6.07) is 8.42. The lowest BCUT2D eigenvalue weighted by atomic mass is 10.2. The summed E-state index contributed by atoms with van der Waals surface area (Å²) in [4.78, 5) is 44.4. The highest BCUT2D eigenvalue weighted by atomic mass is 19.2. The quantitative estimate of drug-likeness (QED) is 0.261. The maximum atomic E-state index is 13.8. The van der Waals surface area contributed by atoms with Crippen LogP contribution in [-0.2, 0) is 13.1 Å². The molecule has 0 spiro atoms. The summed E-state index contributed by atoms with van der Waals surface area (Å²) in [6.07, 6.45) is 1.37. The number of nitrogens with zero attached hydrogens (tertiary/aromatic N) is 3. The third kappa shape index (κ3) is 4.85. The van der Waals surface area contributed by atoms with Gasteiger partial charge < -0.3 is 20.1 Å². The molecule has 0 saturated carbocycles. The van der Waals surface area contributed by atoms with E-state index < -0.39 is 47.5 Å². The number of methoxy groups -OCH3 is 1. The molecule has 10 nitrogen and oxygen atoms in total. The first-order chi connectivity index (χ1) is 17.2. The first-order valence-electron chi connectivity index (χ1n) is 10.3. The van der Waals surface area contributed by atoms with Crippen LogP contribution in [0.3, 0.4) is 0 Å². The number of anilines is 2. The molecule has 0 atom stereocenters. The Morgan fingerprint density at radius 1 is 1.03 bits per heavy atom. The Kier molecular flexibility index (Phi) is 6.63. The standard InChI is InChI=1S/C23H18F3N5O5/c1-36-14-4-5-17(18(32)9-14)28-21-29-22(34)31(11-13-3-2-6-27-20(13)33)23(35)30(21)10-12-7-15(24)19(26)16(25)8-12/h2-9,32H,10-11H2,1H3,(H,27,33)(H,28,29,34). The van der Waals surface area contributed by atoms with Crippen molar-refractivity contribution in [2.75, 3.05) is 12.4 Å². The summed E-state index contributed by atoms with van der Waals surface area (Å²) >= 11 is 0. The molecule has 0 fully saturated rings. The second-order valence-corrected chi connectivity index (χ2v) is 7.58. The molecule has 2 aromatic carbocycles. The fourth-order valence-electron chi connectivity index (χ4n) is 3.40. The zero-order valence-corrected chi connectivity index (χ0v) is 18.6. The van der Waals surface area contributed by atoms with Crippen molar-refractivity contribution in [3.05, 3.63) is 109 Å². The molecule has 0 aliphatic carbocycles. The molecule has 2 heterocycles. The zero-order valence-electron chi connectivity index (χ0n) is 18.6. The molecule has 0 saturated heterocycles. The van der Waals surface area contributed by atoms with Crippen LogP contribution in [0.2, 0.25) is 0 Å². The summed E-state index contributed by atoms with van der Waals surface area (Å²) < 4.78 is 47.6. The number of phenols is 1. The molecule has 0 bridgehead atoms. The Morgan fingerprint density at radius 2 is 1.75 bits per heavy atom. The van der Waals surface area contributed by atoms with Gasteiger partial charge in [0.1, 0.15) is 11.5 Å². The molecule has 186 valence electrons. The third-order valence-electron chi connectivity index (χ3n) is 5.21. The maximum Gasteiger partial charge on any atom is 0.355 e. The Hall–Kier alpha value is -4.81. The first kappa shape index (κ1) is 24.3. The predicted octanol–water partition coefficient (Wildman–Crippen LogP) is 2.06. The Bertz CT molecular complexity index is 1610. The number of phenolic OH excluding ortho intramolecular Hbond substituents is 1. The van der Waals surface area contributed by atoms with Gasteiger partial charge in [0.25, 0.3) is 5.56 Å². The van der Waals surface area contributed by atoms with Crippen molar-refractivity contribution in [2.45, 2.75) is 13.1 Å². The Morgan fingerprint density at radius 3 is 2.39 bits per heavy atom. The van der Waals surface area contributed by atoms with E-state index in [1.54, 1.807) is 0 Å². The number of hydrogen-bond donors (Lipinski definition) is 3. The van der Waals surface area contributed by atoms with E-state index in [0.29, 0.717) is 22.4 Å². The van der Waals surface area contributed by atoms with Crippen LogP contribution in [-0.4, -0.2) is 31.3 Å². The van der Waals surface area contributed by atoms with Crippen molar-refractivity contribution in [1.82, 2.24) is 19.1 Å². The number of aromatic amines is 1. The first-order valence-corrected chi connectivity index (χ1v) is 10.3. The second kappa shape index (κ2) is 9.82. The monoisotopic (exact) mass is 501 g/mol. The van der Waals surface area contributed by atoms with Crippen LogP contribution in [0, 0.1) is 17.5 Å². The van der Waals surface area contributed by atoms with E-state index in [2.05, 4.69) is 15.3 Å². The smallest absolute Gasteiger partial charge is 0.355 e. The van der Waals surface area contributed by atoms with Crippen LogP contribution in [0.1, 0.15) is 11.1 Å². The fraction of sp³-hybridized carbons (Fsp3) is 0.130. The van der Waals surface area contributed by atoms with Crippen LogP contribution >= 0.6 is 0 Å². The van der Waals surface area contributed by atoms with Crippen molar-refractivity contribution in [3.63, 3.8) is 0 Å². The van der Waals surface area contributed by atoms with E-state index in [9.17, 15) is 32.7 Å². The number of benzene rings is 2. The van der Waals surface area contributed by atoms with Crippen LogP contribution < -0.4 is 27.0 Å². The van der Waals surface area contributed by atoms with Crippen molar-refractivity contribution < 1.29 is 23.0 Å². The summed E-state index contributed by atoms with van der Waals surface area (Å²) in [5.74, 6) is -5.00. The Balaban J connectivity index is 1.85. The molecule has 0 radical (unpaired) electrons. The summed E-state index contributed by atoms with van der Waals surface area (Å²) in [5, 5.41) is 12.9. The summed E-state index contributed by atoms with van der Waals surface area (Å²) in [5.41, 5.74) is -2.60. The number of ether oxygens (including phenoxy) is 1. The topological polar surface area (TPSA) is 131 Å². The lowest BCUT2D eigenvalue weighted by Gasteiger charge is -2.16. The molecule has 4 aromatic rings. The number of halogens is 3. The number of aromatic nitrogens is 4. The highest BCUT2D eigenvalue weighted by molar-refractivity contribution is 5.63. The van der Waals surface area contributed by atoms with Gasteiger partial charge >= 0.3 is 11.4 Å². The van der Waals surface area contributed by atoms with Gasteiger partial charge in [-0.3, -0.25) is 9.36 Å². The molecule has 0 aliphatic rings. The Labute approximate surface area is 199 Å². The number of pyridine rings is 1. The van der Waals surface area contributed by atoms with Gasteiger partial charge in [0, 0.05) is 17.8 Å². The van der Waals surface area contributed by atoms with Crippen LogP contribution in [0.5, 0.6) is 11.5 Å². The number of nitrogens with one attached hydrogen (secondary N) is 2. The highest BCUT2D eigenvalue weighted by Gasteiger charge is 2.18. The van der Waals surface area contributed by atoms with Crippen molar-refractivity contribution in [3.8, 4) is 11.5 Å². The molecular weight excluding hydrogens is 483 g/mol. The van der Waals surface area contributed by atoms with E-state index in [-0.39, 0.29) is 28.5 Å². The number of H-pyrrole nitrogens is 1. The van der Waals surface area contributed by atoms with Gasteiger partial charge in [-0.25, -0.2) is 27.3 Å². The largest absolute Gasteiger partial charge is 0.506 e. The molecule has 3 N–H and O–H groups in total. The van der Waals surface area contributed by atoms with E-state index in [4.69, 9.17) is 4.74 Å². The van der Waals surface area contributed by atoms with Crippen LogP contribution in [0.4, 0.5) is 24.8 Å². The van der Waals surface area contributed by atoms with E-state index in [1.165, 1.54) is 43.6 Å². The number of hydrogen-bond acceptors (Lipinski definition) is 7. The average Bonchev–Trinajstić information content (AvgIpc) is 2.84. The minimum absolute atomic E-state index is 0.0320. The lowest BCUT2D eigenvalue weighted by molar-refractivity contribution is 0.408. The van der Waals surface area contributed by atoms with Crippen molar-refractivity contribution >= 4 is 11.6 Å². The molecule has 0 unspecified atom stereocenters. The fourth-order valence-corrected chi connectivity index (χ4v) is 3.40. The van der Waals surface area contributed by atoms with Gasteiger partial charge in [-0.2, -0.15) is 4.98 Å². The molecule has 36 heavy (non-hydrogen) atoms. The minimum atomic E-state index is -1.68. The van der Waals surface area contributed by atoms with Crippen LogP contribution in [0.15, 0.2) is 63.0 Å². The molecule has 0 amide bonds. The minimum Gasteiger partial charge on any atom is -0.506 e. The molecule has 0 aliphatic heterocycles. The average molecular weight is 501 g/mol. The summed E-state index contributed by atoms with van der Waals surface area (Å²) in [7, 11) is 1.39. The van der Waals surface area contributed by atoms with Gasteiger partial charge in [-0.15, -0.1) is 0 Å². The number of rotatable bonds is 7. The molecule has 13 heteroatoms. The van der Waals surface area contributed by atoms with Gasteiger partial charge in [0.2, 0.25) is 5.95 Å². The second-order valence-electron chi connectivity index (χ2n) is 7.58. The SMILES string of the molecule is COc1ccc(Nc2nc(=O)n(Cc3ccc[nH]c3=O)c(=O)n2Cc2cc(F)c(F)c(F)c2)c(O)c1. The maximum absolute atomic E-state index is 13.8. The van der Waals surface area contributed by atoms with E-state index in [1.807, 2.05) is 0 Å². The predicted molar refractivity (Wildman–Crippen MR) is 122 cm³/mol. The zero-order chi connectivity index (χ0) is 26.0. The number of aromatic hydroxyl groups is 1. The van der Waals surface area contributed by atoms with E-state index >= 15 is 0 Å². The van der Waals surface area contributed by atoms with Gasteiger partial charge in [0.15, 0.2) is 17.5 Å². The van der Waals surface area contributed by atoms with Crippen molar-refractivity contribution in [1.29, 1.82) is 0 Å². The third-order valence-corrected chi connectivity index (χ3v) is 5.21.